The predicted molar refractivity (Wildman–Crippen MR) is 107 cm³/mol. The highest BCUT2D eigenvalue weighted by Crippen LogP contribution is 2.35. The number of rotatable bonds is 5. The Morgan fingerprint density at radius 3 is 2.17 bits per heavy atom. The molecule has 0 unspecified atom stereocenters. The van der Waals surface area contributed by atoms with Crippen LogP contribution in [0.25, 0.3) is 0 Å². The number of hydrogen-bond donors (Lipinski definition) is 1. The summed E-state index contributed by atoms with van der Waals surface area (Å²) in [6, 6.07) is 4.63. The standard InChI is InChI=1S/C18H27ClN2O2.C2HF3O2/c1-22-17-12-15(19)11-14(18(17)23-2)13-20-7-9-21(10-8-20)16-5-3-4-6-16;3-2(4,5)1(6)7/h11-12,16H,3-10,13H2,1-2H3;(H,6,7). The number of ether oxygens (including phenoxy) is 2. The van der Waals surface area contributed by atoms with Gasteiger partial charge in [-0.25, -0.2) is 4.79 Å². The molecule has 1 aromatic carbocycles. The van der Waals surface area contributed by atoms with Gasteiger partial charge in [0.05, 0.1) is 14.2 Å². The molecule has 30 heavy (non-hydrogen) atoms. The van der Waals surface area contributed by atoms with E-state index < -0.39 is 12.1 Å². The Hall–Kier alpha value is -1.71. The summed E-state index contributed by atoms with van der Waals surface area (Å²) in [5.74, 6) is -1.25. The van der Waals surface area contributed by atoms with E-state index in [0.29, 0.717) is 10.8 Å². The van der Waals surface area contributed by atoms with Crippen molar-refractivity contribution in [2.75, 3.05) is 40.4 Å². The number of nitrogens with zero attached hydrogens (tertiary/aromatic N) is 2. The van der Waals surface area contributed by atoms with E-state index in [0.717, 1.165) is 37.0 Å². The van der Waals surface area contributed by atoms with Crippen LogP contribution in [0.2, 0.25) is 5.02 Å². The minimum absolute atomic E-state index is 0.697. The van der Waals surface area contributed by atoms with Crippen molar-refractivity contribution in [1.29, 1.82) is 0 Å². The first-order chi connectivity index (χ1) is 14.2. The smallest absolute Gasteiger partial charge is 0.490 e. The number of carboxylic acids is 1. The molecular formula is C20H28ClF3N2O4. The van der Waals surface area contributed by atoms with Gasteiger partial charge in [-0.1, -0.05) is 24.4 Å². The number of carbonyl (C=O) groups is 1. The average Bonchev–Trinajstić information content (AvgIpc) is 3.22. The van der Waals surface area contributed by atoms with Gasteiger partial charge in [0.25, 0.3) is 0 Å². The number of aliphatic carboxylic acids is 1. The van der Waals surface area contributed by atoms with Gasteiger partial charge < -0.3 is 14.6 Å². The first-order valence-corrected chi connectivity index (χ1v) is 10.2. The number of methoxy groups -OCH3 is 2. The Balaban J connectivity index is 0.000000396. The molecule has 1 aromatic rings. The number of hydrogen-bond acceptors (Lipinski definition) is 5. The van der Waals surface area contributed by atoms with Gasteiger partial charge >= 0.3 is 12.1 Å². The molecule has 1 aliphatic carbocycles. The summed E-state index contributed by atoms with van der Waals surface area (Å²) in [5.41, 5.74) is 1.10. The van der Waals surface area contributed by atoms with Crippen LogP contribution in [0.5, 0.6) is 11.5 Å². The minimum atomic E-state index is -5.08. The summed E-state index contributed by atoms with van der Waals surface area (Å²) in [6.07, 6.45) is 0.507. The van der Waals surface area contributed by atoms with E-state index in [4.69, 9.17) is 31.0 Å². The van der Waals surface area contributed by atoms with Crippen molar-refractivity contribution in [3.8, 4) is 11.5 Å². The van der Waals surface area contributed by atoms with E-state index in [1.807, 2.05) is 12.1 Å². The molecular weight excluding hydrogens is 425 g/mol. The minimum Gasteiger partial charge on any atom is -0.493 e. The summed E-state index contributed by atoms with van der Waals surface area (Å²) in [7, 11) is 3.34. The Labute approximate surface area is 179 Å². The highest BCUT2D eigenvalue weighted by Gasteiger charge is 2.38. The van der Waals surface area contributed by atoms with Crippen LogP contribution in [0.15, 0.2) is 12.1 Å². The maximum atomic E-state index is 10.6. The van der Waals surface area contributed by atoms with Crippen LogP contribution in [0.1, 0.15) is 31.2 Å². The van der Waals surface area contributed by atoms with Crippen molar-refractivity contribution < 1.29 is 32.5 Å². The molecule has 0 bridgehead atoms. The van der Waals surface area contributed by atoms with Crippen LogP contribution in [-0.4, -0.2) is 73.5 Å². The largest absolute Gasteiger partial charge is 0.493 e. The second kappa shape index (κ2) is 11.1. The highest BCUT2D eigenvalue weighted by atomic mass is 35.5. The molecule has 0 aromatic heterocycles. The number of piperazine rings is 1. The molecule has 0 radical (unpaired) electrons. The zero-order chi connectivity index (χ0) is 22.3. The zero-order valence-corrected chi connectivity index (χ0v) is 17.9. The second-order valence-corrected chi connectivity index (χ2v) is 7.79. The average molecular weight is 453 g/mol. The quantitative estimate of drug-likeness (QED) is 0.727. The van der Waals surface area contributed by atoms with Crippen LogP contribution in [0, 0.1) is 0 Å². The van der Waals surface area contributed by atoms with Crippen molar-refractivity contribution in [3.63, 3.8) is 0 Å². The number of halogens is 4. The Morgan fingerprint density at radius 1 is 1.13 bits per heavy atom. The third kappa shape index (κ3) is 6.92. The van der Waals surface area contributed by atoms with E-state index in [9.17, 15) is 13.2 Å². The Kier molecular flexibility index (Phi) is 9.06. The van der Waals surface area contributed by atoms with Crippen LogP contribution < -0.4 is 9.47 Å². The van der Waals surface area contributed by atoms with Crippen molar-refractivity contribution in [2.45, 2.75) is 44.4 Å². The van der Waals surface area contributed by atoms with Gasteiger partial charge in [0, 0.05) is 55.4 Å². The van der Waals surface area contributed by atoms with E-state index in [1.54, 1.807) is 14.2 Å². The molecule has 0 amide bonds. The van der Waals surface area contributed by atoms with E-state index in [-0.39, 0.29) is 0 Å². The molecule has 1 N–H and O–H groups in total. The van der Waals surface area contributed by atoms with Crippen molar-refractivity contribution >= 4 is 17.6 Å². The second-order valence-electron chi connectivity index (χ2n) is 7.35. The molecule has 10 heteroatoms. The summed E-state index contributed by atoms with van der Waals surface area (Å²) < 4.78 is 42.7. The number of alkyl halides is 3. The van der Waals surface area contributed by atoms with Crippen molar-refractivity contribution in [2.24, 2.45) is 0 Å². The SMILES string of the molecule is COc1cc(Cl)cc(CN2CCN(C3CCCC3)CC2)c1OC.O=C(O)C(F)(F)F. The number of benzene rings is 1. The van der Waals surface area contributed by atoms with E-state index in [2.05, 4.69) is 9.80 Å². The Morgan fingerprint density at radius 2 is 1.70 bits per heavy atom. The van der Waals surface area contributed by atoms with Gasteiger partial charge in [0.15, 0.2) is 11.5 Å². The molecule has 0 atom stereocenters. The molecule has 1 heterocycles. The topological polar surface area (TPSA) is 62.2 Å². The van der Waals surface area contributed by atoms with Crippen LogP contribution in [0.4, 0.5) is 13.2 Å². The van der Waals surface area contributed by atoms with Crippen LogP contribution >= 0.6 is 11.6 Å². The van der Waals surface area contributed by atoms with Crippen LogP contribution in [0.3, 0.4) is 0 Å². The fourth-order valence-electron chi connectivity index (χ4n) is 3.92. The predicted octanol–water partition coefficient (Wildman–Crippen LogP) is 4.05. The summed E-state index contributed by atoms with van der Waals surface area (Å²) in [4.78, 5) is 14.1. The summed E-state index contributed by atoms with van der Waals surface area (Å²) in [6.45, 7) is 5.41. The van der Waals surface area contributed by atoms with Crippen LogP contribution in [-0.2, 0) is 11.3 Å². The number of carboxylic acid groups (broad SMARTS) is 1. The molecule has 2 aliphatic rings. The summed E-state index contributed by atoms with van der Waals surface area (Å²) in [5, 5.41) is 7.82. The first kappa shape index (κ1) is 24.6. The van der Waals surface area contributed by atoms with E-state index >= 15 is 0 Å². The fourth-order valence-corrected chi connectivity index (χ4v) is 4.15. The summed E-state index contributed by atoms with van der Waals surface area (Å²) >= 11 is 6.22. The third-order valence-corrected chi connectivity index (χ3v) is 5.62. The van der Waals surface area contributed by atoms with Gasteiger partial charge in [-0.3, -0.25) is 9.80 Å². The molecule has 1 aliphatic heterocycles. The van der Waals surface area contributed by atoms with Gasteiger partial charge in [-0.15, -0.1) is 0 Å². The highest BCUT2D eigenvalue weighted by molar-refractivity contribution is 6.30. The third-order valence-electron chi connectivity index (χ3n) is 5.41. The monoisotopic (exact) mass is 452 g/mol. The molecule has 1 saturated carbocycles. The van der Waals surface area contributed by atoms with Crippen molar-refractivity contribution in [1.82, 2.24) is 9.80 Å². The molecule has 2 fully saturated rings. The lowest BCUT2D eigenvalue weighted by molar-refractivity contribution is -0.192. The molecule has 6 nitrogen and oxygen atoms in total. The molecule has 3 rings (SSSR count). The lowest BCUT2D eigenvalue weighted by Gasteiger charge is -2.38. The maximum Gasteiger partial charge on any atom is 0.490 e. The lowest BCUT2D eigenvalue weighted by Crippen LogP contribution is -2.49. The van der Waals surface area contributed by atoms with Gasteiger partial charge in [0.2, 0.25) is 0 Å². The van der Waals surface area contributed by atoms with Gasteiger partial charge in [-0.05, 0) is 18.9 Å². The fraction of sp³-hybridized carbons (Fsp3) is 0.650. The Bertz CT molecular complexity index is 704. The molecule has 1 saturated heterocycles. The first-order valence-electron chi connectivity index (χ1n) is 9.82. The van der Waals surface area contributed by atoms with E-state index in [1.165, 1.54) is 38.8 Å². The molecule has 170 valence electrons. The van der Waals surface area contributed by atoms with Crippen molar-refractivity contribution in [3.05, 3.63) is 22.7 Å². The zero-order valence-electron chi connectivity index (χ0n) is 17.2. The lowest BCUT2D eigenvalue weighted by atomic mass is 10.1. The van der Waals surface area contributed by atoms with Gasteiger partial charge in [0.1, 0.15) is 0 Å². The van der Waals surface area contributed by atoms with Gasteiger partial charge in [-0.2, -0.15) is 13.2 Å². The normalized spacial score (nSPS) is 18.6. The molecule has 0 spiro atoms. The maximum absolute atomic E-state index is 10.6.